The molecule has 0 heterocycles. The first-order valence-corrected chi connectivity index (χ1v) is 7.06. The molecule has 0 aliphatic carbocycles. The number of halogens is 2. The number of rotatable bonds is 3. The molecule has 100 valence electrons. The molecule has 0 aliphatic rings. The molecule has 0 radical (unpaired) electrons. The smallest absolute Gasteiger partial charge is 0.182 e. The highest BCUT2D eigenvalue weighted by molar-refractivity contribution is 7.90. The molecule has 0 atom stereocenters. The van der Waals surface area contributed by atoms with Crippen molar-refractivity contribution in [1.82, 2.24) is 0 Å². The number of anilines is 1. The largest absolute Gasteiger partial charge is 0.398 e. The molecule has 0 spiro atoms. The van der Waals surface area contributed by atoms with E-state index in [0.717, 1.165) is 24.3 Å². The number of hydrogen-bond acceptors (Lipinski definition) is 3. The Morgan fingerprint density at radius 1 is 1.00 bits per heavy atom. The SMILES string of the molecule is Nc1cc(F)ccc1CS(=O)(=O)c1cccc(F)c1. The summed E-state index contributed by atoms with van der Waals surface area (Å²) >= 11 is 0. The number of hydrogen-bond donors (Lipinski definition) is 1. The van der Waals surface area contributed by atoms with Crippen molar-refractivity contribution in [3.63, 3.8) is 0 Å². The highest BCUT2D eigenvalue weighted by Crippen LogP contribution is 2.21. The van der Waals surface area contributed by atoms with Crippen LogP contribution in [0.15, 0.2) is 47.4 Å². The van der Waals surface area contributed by atoms with Gasteiger partial charge in [-0.25, -0.2) is 17.2 Å². The van der Waals surface area contributed by atoms with Crippen LogP contribution in [0.3, 0.4) is 0 Å². The van der Waals surface area contributed by atoms with Gasteiger partial charge in [-0.05, 0) is 35.9 Å². The fourth-order valence-electron chi connectivity index (χ4n) is 1.65. The summed E-state index contributed by atoms with van der Waals surface area (Å²) in [6.45, 7) is 0. The van der Waals surface area contributed by atoms with Crippen LogP contribution >= 0.6 is 0 Å². The lowest BCUT2D eigenvalue weighted by Gasteiger charge is -2.07. The Kier molecular flexibility index (Phi) is 3.53. The molecular weight excluding hydrogens is 272 g/mol. The fraction of sp³-hybridized carbons (Fsp3) is 0.0769. The zero-order valence-corrected chi connectivity index (χ0v) is 10.6. The molecule has 0 amide bonds. The van der Waals surface area contributed by atoms with E-state index in [-0.39, 0.29) is 16.1 Å². The minimum absolute atomic E-state index is 0.0555. The van der Waals surface area contributed by atoms with Gasteiger partial charge in [-0.2, -0.15) is 0 Å². The minimum Gasteiger partial charge on any atom is -0.398 e. The Balaban J connectivity index is 2.36. The second-order valence-corrected chi connectivity index (χ2v) is 6.05. The van der Waals surface area contributed by atoms with E-state index in [9.17, 15) is 17.2 Å². The Bertz CT molecular complexity index is 714. The summed E-state index contributed by atoms with van der Waals surface area (Å²) in [5.41, 5.74) is 5.90. The molecule has 6 heteroatoms. The van der Waals surface area contributed by atoms with E-state index in [0.29, 0.717) is 0 Å². The predicted octanol–water partition coefficient (Wildman–Crippen LogP) is 2.52. The molecule has 19 heavy (non-hydrogen) atoms. The first kappa shape index (κ1) is 13.5. The van der Waals surface area contributed by atoms with Crippen molar-refractivity contribution in [3.05, 3.63) is 59.7 Å². The van der Waals surface area contributed by atoms with Gasteiger partial charge in [-0.3, -0.25) is 0 Å². The van der Waals surface area contributed by atoms with E-state index in [1.807, 2.05) is 0 Å². The number of sulfone groups is 1. The highest BCUT2D eigenvalue weighted by Gasteiger charge is 2.17. The normalized spacial score (nSPS) is 11.5. The van der Waals surface area contributed by atoms with E-state index >= 15 is 0 Å². The lowest BCUT2D eigenvalue weighted by Crippen LogP contribution is -2.07. The second-order valence-electron chi connectivity index (χ2n) is 4.06. The maximum atomic E-state index is 13.0. The average Bonchev–Trinajstić information content (AvgIpc) is 2.33. The molecule has 0 saturated carbocycles. The van der Waals surface area contributed by atoms with Gasteiger partial charge in [-0.15, -0.1) is 0 Å². The molecule has 0 bridgehead atoms. The van der Waals surface area contributed by atoms with E-state index in [1.54, 1.807) is 0 Å². The van der Waals surface area contributed by atoms with Gasteiger partial charge < -0.3 is 5.73 Å². The molecule has 0 fully saturated rings. The maximum Gasteiger partial charge on any atom is 0.182 e. The van der Waals surface area contributed by atoms with E-state index in [1.165, 1.54) is 18.2 Å². The van der Waals surface area contributed by atoms with Crippen LogP contribution in [0.25, 0.3) is 0 Å². The predicted molar refractivity (Wildman–Crippen MR) is 68.1 cm³/mol. The van der Waals surface area contributed by atoms with Crippen molar-refractivity contribution in [3.8, 4) is 0 Å². The quantitative estimate of drug-likeness (QED) is 0.880. The molecule has 2 N–H and O–H groups in total. The highest BCUT2D eigenvalue weighted by atomic mass is 32.2. The van der Waals surface area contributed by atoms with Crippen LogP contribution in [0.2, 0.25) is 0 Å². The Labute approximate surface area is 109 Å². The summed E-state index contributed by atoms with van der Waals surface area (Å²) < 4.78 is 50.1. The molecule has 0 saturated heterocycles. The van der Waals surface area contributed by atoms with E-state index in [2.05, 4.69) is 0 Å². The molecule has 3 nitrogen and oxygen atoms in total. The molecule has 0 aliphatic heterocycles. The third-order valence-corrected chi connectivity index (χ3v) is 4.27. The summed E-state index contributed by atoms with van der Waals surface area (Å²) in [5, 5.41) is 0. The molecule has 2 rings (SSSR count). The Morgan fingerprint density at radius 2 is 1.68 bits per heavy atom. The molecule has 0 aromatic heterocycles. The van der Waals surface area contributed by atoms with Gasteiger partial charge in [0.25, 0.3) is 0 Å². The van der Waals surface area contributed by atoms with Crippen molar-refractivity contribution in [1.29, 1.82) is 0 Å². The number of nitrogen functional groups attached to an aromatic ring is 1. The average molecular weight is 283 g/mol. The van der Waals surface area contributed by atoms with Crippen molar-refractivity contribution in [2.24, 2.45) is 0 Å². The van der Waals surface area contributed by atoms with Crippen molar-refractivity contribution >= 4 is 15.5 Å². The number of nitrogens with two attached hydrogens (primary N) is 1. The minimum atomic E-state index is -3.71. The molecule has 0 unspecified atom stereocenters. The summed E-state index contributed by atoms with van der Waals surface area (Å²) in [4.78, 5) is -0.128. The molecule has 2 aromatic carbocycles. The molecule has 2 aromatic rings. The van der Waals surface area contributed by atoms with Gasteiger partial charge in [-0.1, -0.05) is 12.1 Å². The van der Waals surface area contributed by atoms with Crippen molar-refractivity contribution < 1.29 is 17.2 Å². The lowest BCUT2D eigenvalue weighted by atomic mass is 10.2. The van der Waals surface area contributed by atoms with E-state index in [4.69, 9.17) is 5.73 Å². The van der Waals surface area contributed by atoms with Crippen LogP contribution in [-0.2, 0) is 15.6 Å². The van der Waals surface area contributed by atoms with Crippen molar-refractivity contribution in [2.45, 2.75) is 10.6 Å². The third kappa shape index (κ3) is 3.08. The molecular formula is C13H11F2NO2S. The zero-order valence-electron chi connectivity index (χ0n) is 9.81. The third-order valence-electron chi connectivity index (χ3n) is 2.61. The fourth-order valence-corrected chi connectivity index (χ4v) is 3.06. The first-order valence-electron chi connectivity index (χ1n) is 5.41. The van der Waals surface area contributed by atoms with Gasteiger partial charge in [0.2, 0.25) is 0 Å². The Hall–Kier alpha value is -1.95. The first-order chi connectivity index (χ1) is 8.88. The van der Waals surface area contributed by atoms with Gasteiger partial charge >= 0.3 is 0 Å². The van der Waals surface area contributed by atoms with Gasteiger partial charge in [0.1, 0.15) is 11.6 Å². The monoisotopic (exact) mass is 283 g/mol. The summed E-state index contributed by atoms with van der Waals surface area (Å²) in [5.74, 6) is -1.57. The maximum absolute atomic E-state index is 13.0. The van der Waals surface area contributed by atoms with Gasteiger partial charge in [0.05, 0.1) is 10.6 Å². The van der Waals surface area contributed by atoms with Crippen LogP contribution in [0.4, 0.5) is 14.5 Å². The Morgan fingerprint density at radius 3 is 2.32 bits per heavy atom. The van der Waals surface area contributed by atoms with Gasteiger partial charge in [0, 0.05) is 5.69 Å². The van der Waals surface area contributed by atoms with Crippen LogP contribution in [-0.4, -0.2) is 8.42 Å². The second kappa shape index (κ2) is 4.97. The van der Waals surface area contributed by atoms with Crippen LogP contribution < -0.4 is 5.73 Å². The van der Waals surface area contributed by atoms with Crippen LogP contribution in [0, 0.1) is 11.6 Å². The van der Waals surface area contributed by atoms with E-state index < -0.39 is 27.2 Å². The van der Waals surface area contributed by atoms with Crippen LogP contribution in [0.5, 0.6) is 0 Å². The standard InChI is InChI=1S/C13H11F2NO2S/c14-10-2-1-3-12(6-10)19(17,18)8-9-4-5-11(15)7-13(9)16/h1-7H,8,16H2. The zero-order chi connectivity index (χ0) is 14.0. The van der Waals surface area contributed by atoms with Crippen LogP contribution in [0.1, 0.15) is 5.56 Å². The lowest BCUT2D eigenvalue weighted by molar-refractivity contribution is 0.590. The summed E-state index contributed by atoms with van der Waals surface area (Å²) in [7, 11) is -3.71. The summed E-state index contributed by atoms with van der Waals surface area (Å²) in [6.07, 6.45) is 0. The van der Waals surface area contributed by atoms with Crippen molar-refractivity contribution in [2.75, 3.05) is 5.73 Å². The summed E-state index contributed by atoms with van der Waals surface area (Å²) in [6, 6.07) is 8.21. The number of benzene rings is 2. The van der Waals surface area contributed by atoms with Gasteiger partial charge in [0.15, 0.2) is 9.84 Å². The topological polar surface area (TPSA) is 60.2 Å².